The lowest BCUT2D eigenvalue weighted by Crippen LogP contribution is -2.18. The molecular formula is C16H20N2O. The summed E-state index contributed by atoms with van der Waals surface area (Å²) >= 11 is 0. The maximum atomic E-state index is 5.86. The van der Waals surface area contributed by atoms with Crippen molar-refractivity contribution in [3.8, 4) is 5.75 Å². The molecule has 1 aromatic heterocycles. The van der Waals surface area contributed by atoms with Gasteiger partial charge in [-0.3, -0.25) is 4.98 Å². The van der Waals surface area contributed by atoms with E-state index in [4.69, 9.17) is 10.5 Å². The zero-order valence-electron chi connectivity index (χ0n) is 11.5. The van der Waals surface area contributed by atoms with Crippen molar-refractivity contribution < 1.29 is 4.74 Å². The van der Waals surface area contributed by atoms with E-state index in [0.717, 1.165) is 29.1 Å². The highest BCUT2D eigenvalue weighted by Crippen LogP contribution is 2.20. The summed E-state index contributed by atoms with van der Waals surface area (Å²) in [7, 11) is 0. The first-order valence-corrected chi connectivity index (χ1v) is 6.54. The van der Waals surface area contributed by atoms with E-state index in [0.29, 0.717) is 6.61 Å². The minimum atomic E-state index is 0.127. The largest absolute Gasteiger partial charge is 0.487 e. The molecule has 0 amide bonds. The van der Waals surface area contributed by atoms with Crippen LogP contribution in [0.2, 0.25) is 0 Å². The van der Waals surface area contributed by atoms with E-state index < -0.39 is 0 Å². The van der Waals surface area contributed by atoms with Gasteiger partial charge in [0, 0.05) is 11.7 Å². The fourth-order valence-corrected chi connectivity index (χ4v) is 1.99. The lowest BCUT2D eigenvalue weighted by Gasteiger charge is -2.12. The summed E-state index contributed by atoms with van der Waals surface area (Å²) in [4.78, 5) is 4.43. The van der Waals surface area contributed by atoms with E-state index in [2.05, 4.69) is 11.1 Å². The Morgan fingerprint density at radius 3 is 2.68 bits per heavy atom. The summed E-state index contributed by atoms with van der Waals surface area (Å²) in [6.07, 6.45) is 0.817. The number of hydrogen-bond donors (Lipinski definition) is 1. The van der Waals surface area contributed by atoms with Gasteiger partial charge in [0.2, 0.25) is 0 Å². The topological polar surface area (TPSA) is 48.1 Å². The summed E-state index contributed by atoms with van der Waals surface area (Å²) < 4.78 is 5.86. The maximum Gasteiger partial charge on any atom is 0.130 e. The lowest BCUT2D eigenvalue weighted by atomic mass is 10.1. The number of nitrogens with two attached hydrogens (primary N) is 1. The van der Waals surface area contributed by atoms with Crippen molar-refractivity contribution in [1.29, 1.82) is 0 Å². The Labute approximate surface area is 114 Å². The normalized spacial score (nSPS) is 12.2. The van der Waals surface area contributed by atoms with Gasteiger partial charge in [0.25, 0.3) is 0 Å². The van der Waals surface area contributed by atoms with Crippen LogP contribution in [-0.4, -0.2) is 11.0 Å². The van der Waals surface area contributed by atoms with Gasteiger partial charge >= 0.3 is 0 Å². The van der Waals surface area contributed by atoms with E-state index in [1.165, 1.54) is 0 Å². The zero-order chi connectivity index (χ0) is 13.7. The van der Waals surface area contributed by atoms with Gasteiger partial charge < -0.3 is 10.5 Å². The molecule has 0 saturated heterocycles. The maximum absolute atomic E-state index is 5.86. The molecule has 1 atom stereocenters. The van der Waals surface area contributed by atoms with Crippen LogP contribution < -0.4 is 10.5 Å². The van der Waals surface area contributed by atoms with E-state index in [1.807, 2.05) is 50.2 Å². The van der Waals surface area contributed by atoms with Gasteiger partial charge in [-0.25, -0.2) is 0 Å². The summed E-state index contributed by atoms with van der Waals surface area (Å²) in [6, 6.07) is 14.1. The number of benzene rings is 1. The highest BCUT2D eigenvalue weighted by Gasteiger charge is 2.06. The van der Waals surface area contributed by atoms with Crippen LogP contribution in [0.4, 0.5) is 0 Å². The minimum absolute atomic E-state index is 0.127. The SMILES string of the molecule is Cc1cccc(COc2ccccc2CC(C)N)n1. The fourth-order valence-electron chi connectivity index (χ4n) is 1.99. The Morgan fingerprint density at radius 2 is 1.95 bits per heavy atom. The molecule has 1 aromatic carbocycles. The van der Waals surface area contributed by atoms with Crippen LogP contribution in [0.3, 0.4) is 0 Å². The molecule has 0 saturated carbocycles. The number of para-hydroxylation sites is 1. The van der Waals surface area contributed by atoms with Gasteiger partial charge in [-0.05, 0) is 44.0 Å². The van der Waals surface area contributed by atoms with Gasteiger partial charge in [-0.1, -0.05) is 24.3 Å². The molecule has 0 aliphatic heterocycles. The number of rotatable bonds is 5. The summed E-state index contributed by atoms with van der Waals surface area (Å²) in [5.74, 6) is 0.892. The van der Waals surface area contributed by atoms with Crippen LogP contribution in [-0.2, 0) is 13.0 Å². The third-order valence-corrected chi connectivity index (χ3v) is 2.84. The Balaban J connectivity index is 2.07. The average molecular weight is 256 g/mol. The predicted molar refractivity (Wildman–Crippen MR) is 77.1 cm³/mol. The van der Waals surface area contributed by atoms with E-state index in [9.17, 15) is 0 Å². The van der Waals surface area contributed by atoms with E-state index in [-0.39, 0.29) is 6.04 Å². The minimum Gasteiger partial charge on any atom is -0.487 e. The highest BCUT2D eigenvalue weighted by molar-refractivity contribution is 5.34. The van der Waals surface area contributed by atoms with Crippen molar-refractivity contribution in [3.05, 3.63) is 59.4 Å². The van der Waals surface area contributed by atoms with E-state index in [1.54, 1.807) is 0 Å². The third kappa shape index (κ3) is 4.07. The van der Waals surface area contributed by atoms with Crippen LogP contribution >= 0.6 is 0 Å². The standard InChI is InChI=1S/C16H20N2O/c1-12(17)10-14-7-3-4-9-16(14)19-11-15-8-5-6-13(2)18-15/h3-9,12H,10-11,17H2,1-2H3. The molecule has 0 bridgehead atoms. The average Bonchev–Trinajstić information content (AvgIpc) is 2.37. The van der Waals surface area contributed by atoms with Gasteiger partial charge in [-0.15, -0.1) is 0 Å². The molecule has 0 aliphatic carbocycles. The number of ether oxygens (including phenoxy) is 1. The van der Waals surface area contributed by atoms with Crippen LogP contribution in [0.1, 0.15) is 23.9 Å². The molecule has 2 aromatic rings. The van der Waals surface area contributed by atoms with Gasteiger partial charge in [0.1, 0.15) is 12.4 Å². The number of hydrogen-bond acceptors (Lipinski definition) is 3. The van der Waals surface area contributed by atoms with E-state index >= 15 is 0 Å². The molecule has 2 N–H and O–H groups in total. The molecule has 1 heterocycles. The molecule has 0 fully saturated rings. The molecule has 3 nitrogen and oxygen atoms in total. The number of aromatic nitrogens is 1. The van der Waals surface area contributed by atoms with Crippen molar-refractivity contribution in [2.75, 3.05) is 0 Å². The molecule has 0 spiro atoms. The summed E-state index contributed by atoms with van der Waals surface area (Å²) in [5.41, 5.74) is 8.94. The summed E-state index contributed by atoms with van der Waals surface area (Å²) in [6.45, 7) is 4.46. The predicted octanol–water partition coefficient (Wildman–Crippen LogP) is 2.86. The van der Waals surface area contributed by atoms with Crippen LogP contribution in [0.25, 0.3) is 0 Å². The van der Waals surface area contributed by atoms with Gasteiger partial charge in [0.15, 0.2) is 0 Å². The lowest BCUT2D eigenvalue weighted by molar-refractivity contribution is 0.297. The van der Waals surface area contributed by atoms with Crippen molar-refractivity contribution in [2.24, 2.45) is 5.73 Å². The van der Waals surface area contributed by atoms with Crippen molar-refractivity contribution in [3.63, 3.8) is 0 Å². The van der Waals surface area contributed by atoms with Crippen LogP contribution in [0, 0.1) is 6.92 Å². The molecule has 2 rings (SSSR count). The first kappa shape index (κ1) is 13.6. The molecule has 3 heteroatoms. The molecule has 100 valence electrons. The number of aryl methyl sites for hydroxylation is 1. The zero-order valence-corrected chi connectivity index (χ0v) is 11.5. The monoisotopic (exact) mass is 256 g/mol. The Kier molecular flexibility index (Phi) is 4.53. The van der Waals surface area contributed by atoms with Crippen molar-refractivity contribution in [2.45, 2.75) is 32.9 Å². The molecule has 19 heavy (non-hydrogen) atoms. The fraction of sp³-hybridized carbons (Fsp3) is 0.312. The van der Waals surface area contributed by atoms with Crippen LogP contribution in [0.15, 0.2) is 42.5 Å². The first-order valence-electron chi connectivity index (χ1n) is 6.54. The Hall–Kier alpha value is -1.87. The smallest absolute Gasteiger partial charge is 0.130 e. The molecule has 1 unspecified atom stereocenters. The third-order valence-electron chi connectivity index (χ3n) is 2.84. The second-order valence-electron chi connectivity index (χ2n) is 4.85. The van der Waals surface area contributed by atoms with Gasteiger partial charge in [0.05, 0.1) is 5.69 Å². The summed E-state index contributed by atoms with van der Waals surface area (Å²) in [5, 5.41) is 0. The molecule has 0 radical (unpaired) electrons. The van der Waals surface area contributed by atoms with Crippen molar-refractivity contribution >= 4 is 0 Å². The number of nitrogens with zero attached hydrogens (tertiary/aromatic N) is 1. The highest BCUT2D eigenvalue weighted by atomic mass is 16.5. The first-order chi connectivity index (χ1) is 9.15. The number of pyridine rings is 1. The van der Waals surface area contributed by atoms with Crippen molar-refractivity contribution in [1.82, 2.24) is 4.98 Å². The van der Waals surface area contributed by atoms with Crippen LogP contribution in [0.5, 0.6) is 5.75 Å². The Morgan fingerprint density at radius 1 is 1.16 bits per heavy atom. The quantitative estimate of drug-likeness (QED) is 0.894. The Bertz CT molecular complexity index is 538. The molecular weight excluding hydrogens is 236 g/mol. The second-order valence-corrected chi connectivity index (χ2v) is 4.85. The second kappa shape index (κ2) is 6.34. The molecule has 0 aliphatic rings. The van der Waals surface area contributed by atoms with Gasteiger partial charge in [-0.2, -0.15) is 0 Å².